The third kappa shape index (κ3) is 5.36. The van der Waals surface area contributed by atoms with Crippen LogP contribution in [0.1, 0.15) is 21.7 Å². The number of carbonyl (C=O) groups excluding carboxylic acids is 1. The van der Waals surface area contributed by atoms with Crippen LogP contribution in [0.4, 0.5) is 24.5 Å². The van der Waals surface area contributed by atoms with Crippen LogP contribution >= 0.6 is 11.6 Å². The molecule has 1 heterocycles. The van der Waals surface area contributed by atoms with Gasteiger partial charge >= 0.3 is 12.1 Å². The van der Waals surface area contributed by atoms with Crippen molar-refractivity contribution in [2.24, 2.45) is 0 Å². The lowest BCUT2D eigenvalue weighted by Gasteiger charge is -2.15. The standard InChI is InChI=1S/C24H12ClF3N2O9/c1-11-18(38-23(32)12-2-8-16(25)17(10-12)30(35)36)9-7-15-19(31)21(22(24(26,27)28)39-20(11)15)37-14-5-3-13(4-6-14)29(33)34/h2-10H,1H3. The van der Waals surface area contributed by atoms with Gasteiger partial charge < -0.3 is 13.9 Å². The Morgan fingerprint density at radius 2 is 1.67 bits per heavy atom. The van der Waals surface area contributed by atoms with E-state index in [1.807, 2.05) is 0 Å². The summed E-state index contributed by atoms with van der Waals surface area (Å²) in [7, 11) is 0. The summed E-state index contributed by atoms with van der Waals surface area (Å²) in [6.07, 6.45) is -5.20. The van der Waals surface area contributed by atoms with Gasteiger partial charge in [-0.05, 0) is 43.3 Å². The molecule has 0 aliphatic rings. The number of alkyl halides is 3. The molecule has 4 aromatic rings. The number of benzene rings is 3. The van der Waals surface area contributed by atoms with Crippen molar-refractivity contribution in [2.75, 3.05) is 0 Å². The Kier molecular flexibility index (Phi) is 6.98. The predicted octanol–water partition coefficient (Wildman–Crippen LogP) is 6.60. The Morgan fingerprint density at radius 3 is 2.26 bits per heavy atom. The smallest absolute Gasteiger partial charge is 0.449 e. The van der Waals surface area contributed by atoms with Gasteiger partial charge in [0.1, 0.15) is 22.1 Å². The first-order valence-electron chi connectivity index (χ1n) is 10.5. The van der Waals surface area contributed by atoms with E-state index in [1.54, 1.807) is 0 Å². The van der Waals surface area contributed by atoms with Crippen LogP contribution in [-0.2, 0) is 6.18 Å². The molecule has 1 aromatic heterocycles. The highest BCUT2D eigenvalue weighted by molar-refractivity contribution is 6.32. The fraction of sp³-hybridized carbons (Fsp3) is 0.0833. The molecule has 3 aromatic carbocycles. The van der Waals surface area contributed by atoms with Crippen molar-refractivity contribution in [1.29, 1.82) is 0 Å². The Balaban J connectivity index is 1.77. The van der Waals surface area contributed by atoms with Crippen molar-refractivity contribution < 1.29 is 41.7 Å². The molecule has 0 aliphatic carbocycles. The Labute approximate surface area is 219 Å². The molecular weight excluding hydrogens is 553 g/mol. The maximum absolute atomic E-state index is 13.9. The summed E-state index contributed by atoms with van der Waals surface area (Å²) in [6.45, 7) is 1.23. The lowest BCUT2D eigenvalue weighted by molar-refractivity contribution is -0.385. The van der Waals surface area contributed by atoms with Gasteiger partial charge in [0.15, 0.2) is 0 Å². The highest BCUT2D eigenvalue weighted by Crippen LogP contribution is 2.40. The van der Waals surface area contributed by atoms with E-state index in [-0.39, 0.29) is 38.7 Å². The van der Waals surface area contributed by atoms with E-state index in [0.29, 0.717) is 0 Å². The van der Waals surface area contributed by atoms with Gasteiger partial charge in [-0.1, -0.05) is 11.6 Å². The van der Waals surface area contributed by atoms with Gasteiger partial charge in [-0.2, -0.15) is 13.2 Å². The van der Waals surface area contributed by atoms with Crippen LogP contribution in [-0.4, -0.2) is 15.8 Å². The number of nitro benzene ring substituents is 2. The topological polar surface area (TPSA) is 152 Å². The van der Waals surface area contributed by atoms with Crippen LogP contribution in [0.2, 0.25) is 5.02 Å². The van der Waals surface area contributed by atoms with Gasteiger partial charge in [-0.15, -0.1) is 0 Å². The number of ether oxygens (including phenoxy) is 2. The van der Waals surface area contributed by atoms with Crippen molar-refractivity contribution in [3.05, 3.63) is 107 Å². The summed E-state index contributed by atoms with van der Waals surface area (Å²) in [5, 5.41) is 21.3. The summed E-state index contributed by atoms with van der Waals surface area (Å²) in [4.78, 5) is 46.0. The highest BCUT2D eigenvalue weighted by atomic mass is 35.5. The molecule has 0 fully saturated rings. The van der Waals surface area contributed by atoms with Crippen LogP contribution in [0.3, 0.4) is 0 Å². The molecule has 0 saturated carbocycles. The number of carbonyl (C=O) groups is 1. The van der Waals surface area contributed by atoms with Gasteiger partial charge in [-0.3, -0.25) is 25.0 Å². The van der Waals surface area contributed by atoms with E-state index < -0.39 is 50.2 Å². The van der Waals surface area contributed by atoms with Crippen LogP contribution in [0, 0.1) is 27.2 Å². The van der Waals surface area contributed by atoms with Gasteiger partial charge in [0.05, 0.1) is 20.8 Å². The second kappa shape index (κ2) is 10.1. The average molecular weight is 565 g/mol. The van der Waals surface area contributed by atoms with Gasteiger partial charge in [0.2, 0.25) is 11.2 Å². The fourth-order valence-electron chi connectivity index (χ4n) is 3.44. The normalized spacial score (nSPS) is 11.3. The number of aryl methyl sites for hydroxylation is 1. The molecule has 0 N–H and O–H groups in total. The zero-order chi connectivity index (χ0) is 28.6. The van der Waals surface area contributed by atoms with Crippen molar-refractivity contribution in [3.8, 4) is 17.2 Å². The molecule has 11 nitrogen and oxygen atoms in total. The van der Waals surface area contributed by atoms with Crippen LogP contribution < -0.4 is 14.9 Å². The molecule has 0 spiro atoms. The van der Waals surface area contributed by atoms with Crippen LogP contribution in [0.15, 0.2) is 63.8 Å². The highest BCUT2D eigenvalue weighted by Gasteiger charge is 2.41. The van der Waals surface area contributed by atoms with Crippen molar-refractivity contribution in [2.45, 2.75) is 13.1 Å². The van der Waals surface area contributed by atoms with Crippen LogP contribution in [0.5, 0.6) is 17.2 Å². The number of fused-ring (bicyclic) bond motifs is 1. The second-order valence-corrected chi connectivity index (χ2v) is 8.23. The molecule has 0 saturated heterocycles. The Morgan fingerprint density at radius 1 is 1.00 bits per heavy atom. The third-order valence-electron chi connectivity index (χ3n) is 5.32. The van der Waals surface area contributed by atoms with E-state index in [9.17, 15) is 43.0 Å². The zero-order valence-corrected chi connectivity index (χ0v) is 20.0. The Bertz CT molecular complexity index is 1720. The number of hydrogen-bond acceptors (Lipinski definition) is 9. The number of non-ortho nitro benzene ring substituents is 1. The van der Waals surface area contributed by atoms with Gasteiger partial charge in [0, 0.05) is 23.8 Å². The summed E-state index contributed by atoms with van der Waals surface area (Å²) < 4.78 is 57.0. The van der Waals surface area contributed by atoms with Crippen molar-refractivity contribution in [1.82, 2.24) is 0 Å². The summed E-state index contributed by atoms with van der Waals surface area (Å²) >= 11 is 5.73. The molecule has 0 aliphatic heterocycles. The lowest BCUT2D eigenvalue weighted by atomic mass is 10.1. The lowest BCUT2D eigenvalue weighted by Crippen LogP contribution is -2.16. The fourth-order valence-corrected chi connectivity index (χ4v) is 3.63. The first kappa shape index (κ1) is 27.1. The molecule has 4 rings (SSSR count). The number of hydrogen-bond donors (Lipinski definition) is 0. The zero-order valence-electron chi connectivity index (χ0n) is 19.3. The minimum Gasteiger partial charge on any atom is -0.449 e. The molecule has 0 radical (unpaired) electrons. The van der Waals surface area contributed by atoms with E-state index in [0.717, 1.165) is 54.6 Å². The molecule has 15 heteroatoms. The molecule has 0 unspecified atom stereocenters. The van der Waals surface area contributed by atoms with E-state index >= 15 is 0 Å². The minimum atomic E-state index is -5.20. The first-order valence-corrected chi connectivity index (χ1v) is 10.9. The number of rotatable bonds is 6. The average Bonchev–Trinajstić information content (AvgIpc) is 2.87. The third-order valence-corrected chi connectivity index (χ3v) is 5.64. The first-order chi connectivity index (χ1) is 18.3. The second-order valence-electron chi connectivity index (χ2n) is 7.82. The van der Waals surface area contributed by atoms with E-state index in [1.165, 1.54) is 6.92 Å². The van der Waals surface area contributed by atoms with Crippen molar-refractivity contribution >= 4 is 39.9 Å². The minimum absolute atomic E-state index is 0.159. The van der Waals surface area contributed by atoms with E-state index in [2.05, 4.69) is 0 Å². The summed E-state index contributed by atoms with van der Waals surface area (Å²) in [6, 6.07) is 9.27. The number of nitro groups is 2. The number of halogens is 4. The molecule has 200 valence electrons. The summed E-state index contributed by atoms with van der Waals surface area (Å²) in [5.74, 6) is -4.67. The number of nitrogens with zero attached hydrogens (tertiary/aromatic N) is 2. The monoisotopic (exact) mass is 564 g/mol. The quantitative estimate of drug-likeness (QED) is 0.109. The SMILES string of the molecule is Cc1c(OC(=O)c2ccc(Cl)c([N+](=O)[O-])c2)ccc2c(=O)c(Oc3ccc([N+](=O)[O-])cc3)c(C(F)(F)F)oc12. The molecule has 0 amide bonds. The summed E-state index contributed by atoms with van der Waals surface area (Å²) in [5.41, 5.74) is -3.12. The largest absolute Gasteiger partial charge is 0.453 e. The van der Waals surface area contributed by atoms with Gasteiger partial charge in [-0.25, -0.2) is 4.79 Å². The van der Waals surface area contributed by atoms with Crippen molar-refractivity contribution in [3.63, 3.8) is 0 Å². The molecule has 0 bridgehead atoms. The maximum atomic E-state index is 13.9. The molecule has 39 heavy (non-hydrogen) atoms. The maximum Gasteiger partial charge on any atom is 0.453 e. The van der Waals surface area contributed by atoms with E-state index in [4.69, 9.17) is 25.5 Å². The molecule has 0 atom stereocenters. The predicted molar refractivity (Wildman–Crippen MR) is 128 cm³/mol. The Hall–Kier alpha value is -4.98. The van der Waals surface area contributed by atoms with Crippen LogP contribution in [0.25, 0.3) is 11.0 Å². The number of esters is 1. The molecular formula is C24H12ClF3N2O9. The van der Waals surface area contributed by atoms with Gasteiger partial charge in [0.25, 0.3) is 17.1 Å².